The van der Waals surface area contributed by atoms with Crippen LogP contribution in [0, 0.1) is 0 Å². The molecule has 0 aliphatic heterocycles. The van der Waals surface area contributed by atoms with Gasteiger partial charge in [-0.2, -0.15) is 0 Å². The van der Waals surface area contributed by atoms with Gasteiger partial charge < -0.3 is 4.57 Å². The van der Waals surface area contributed by atoms with Crippen LogP contribution < -0.4 is 0 Å². The monoisotopic (exact) mass is 732 g/mol. The van der Waals surface area contributed by atoms with Crippen LogP contribution in [0.1, 0.15) is 0 Å². The summed E-state index contributed by atoms with van der Waals surface area (Å²) in [4.78, 5) is 16.1. The van der Waals surface area contributed by atoms with Gasteiger partial charge in [0.1, 0.15) is 0 Å². The van der Waals surface area contributed by atoms with Crippen LogP contribution in [0.4, 0.5) is 0 Å². The van der Waals surface area contributed by atoms with Gasteiger partial charge in [0, 0.05) is 53.2 Å². The standard InChI is InChI=1S/C51H32N4S/c1-2-17-33(18-3-1)34-19-4-6-25-41(34)49-52-50(54-51(53-49)43-28-16-27-40-39-24-11-15-32-47(39)56-48(40)43)42-26-7-5-20-35(42)36-21-8-12-29-44(36)55-45-30-13-9-22-37(45)38-23-10-14-31-46(38)55/h1-32H. The molecule has 0 bridgehead atoms. The van der Waals surface area contributed by atoms with Crippen molar-refractivity contribution in [3.8, 4) is 62.1 Å². The van der Waals surface area contributed by atoms with Crippen LogP contribution in [-0.4, -0.2) is 19.5 Å². The number of nitrogens with zero attached hydrogens (tertiary/aromatic N) is 4. The van der Waals surface area contributed by atoms with E-state index >= 15 is 0 Å². The van der Waals surface area contributed by atoms with Gasteiger partial charge in [-0.25, -0.2) is 15.0 Å². The zero-order chi connectivity index (χ0) is 37.0. The number of benzene rings is 8. The molecule has 0 aliphatic rings. The molecule has 11 rings (SSSR count). The molecule has 56 heavy (non-hydrogen) atoms. The van der Waals surface area contributed by atoms with Crippen LogP contribution in [0.5, 0.6) is 0 Å². The Morgan fingerprint density at radius 1 is 0.321 bits per heavy atom. The van der Waals surface area contributed by atoms with E-state index in [1.54, 1.807) is 11.3 Å². The first-order valence-electron chi connectivity index (χ1n) is 18.8. The first-order chi connectivity index (χ1) is 27.8. The molecule has 0 amide bonds. The summed E-state index contributed by atoms with van der Waals surface area (Å²) in [5.41, 5.74) is 10.6. The van der Waals surface area contributed by atoms with Gasteiger partial charge in [-0.3, -0.25) is 0 Å². The summed E-state index contributed by atoms with van der Waals surface area (Å²) in [6.07, 6.45) is 0. The van der Waals surface area contributed by atoms with Gasteiger partial charge in [-0.1, -0.05) is 164 Å². The summed E-state index contributed by atoms with van der Waals surface area (Å²) < 4.78 is 4.79. The van der Waals surface area contributed by atoms with E-state index in [0.717, 1.165) is 60.4 Å². The lowest BCUT2D eigenvalue weighted by Gasteiger charge is -2.17. The van der Waals surface area contributed by atoms with E-state index in [9.17, 15) is 0 Å². The largest absolute Gasteiger partial charge is 0.309 e. The Kier molecular flexibility index (Phi) is 7.64. The maximum absolute atomic E-state index is 5.38. The van der Waals surface area contributed by atoms with Gasteiger partial charge in [-0.05, 0) is 47.0 Å². The second kappa shape index (κ2) is 13.3. The summed E-state index contributed by atoms with van der Waals surface area (Å²) >= 11 is 1.79. The van der Waals surface area contributed by atoms with Crippen LogP contribution in [0.2, 0.25) is 0 Å². The normalized spacial score (nSPS) is 11.6. The Morgan fingerprint density at radius 2 is 0.786 bits per heavy atom. The Hall–Kier alpha value is -7.21. The van der Waals surface area contributed by atoms with Crippen LogP contribution in [0.25, 0.3) is 104 Å². The summed E-state index contributed by atoms with van der Waals surface area (Å²) in [7, 11) is 0. The molecule has 0 saturated heterocycles. The van der Waals surface area contributed by atoms with Crippen molar-refractivity contribution in [2.75, 3.05) is 0 Å². The fourth-order valence-corrected chi connectivity index (χ4v) is 9.41. The van der Waals surface area contributed by atoms with E-state index in [2.05, 4.69) is 193 Å². The van der Waals surface area contributed by atoms with Gasteiger partial charge in [0.25, 0.3) is 0 Å². The molecule has 0 fully saturated rings. The molecule has 5 heteroatoms. The fraction of sp³-hybridized carbons (Fsp3) is 0. The number of thiophene rings is 1. The van der Waals surface area contributed by atoms with Crippen LogP contribution in [0.3, 0.4) is 0 Å². The van der Waals surface area contributed by atoms with Crippen molar-refractivity contribution in [1.82, 2.24) is 19.5 Å². The van der Waals surface area contributed by atoms with E-state index in [-0.39, 0.29) is 0 Å². The van der Waals surface area contributed by atoms with E-state index < -0.39 is 0 Å². The summed E-state index contributed by atoms with van der Waals surface area (Å²) in [6, 6.07) is 68.4. The van der Waals surface area contributed by atoms with E-state index in [1.165, 1.54) is 26.2 Å². The first-order valence-corrected chi connectivity index (χ1v) is 19.6. The zero-order valence-corrected chi connectivity index (χ0v) is 31.0. The lowest BCUT2D eigenvalue weighted by Crippen LogP contribution is -2.03. The van der Waals surface area contributed by atoms with Crippen molar-refractivity contribution in [3.63, 3.8) is 0 Å². The van der Waals surface area contributed by atoms with E-state index in [4.69, 9.17) is 15.0 Å². The van der Waals surface area contributed by atoms with Gasteiger partial charge in [0.15, 0.2) is 17.5 Å². The zero-order valence-electron chi connectivity index (χ0n) is 30.2. The molecule has 0 unspecified atom stereocenters. The summed E-state index contributed by atoms with van der Waals surface area (Å²) in [5, 5.41) is 4.90. The smallest absolute Gasteiger partial charge is 0.165 e. The fourth-order valence-electron chi connectivity index (χ4n) is 8.20. The lowest BCUT2D eigenvalue weighted by atomic mass is 9.96. The maximum Gasteiger partial charge on any atom is 0.165 e. The molecule has 11 aromatic rings. The van der Waals surface area contributed by atoms with Crippen molar-refractivity contribution in [2.24, 2.45) is 0 Å². The molecule has 262 valence electrons. The molecular weight excluding hydrogens is 701 g/mol. The topological polar surface area (TPSA) is 43.6 Å². The Bertz CT molecular complexity index is 3210. The molecule has 0 aliphatic carbocycles. The van der Waals surface area contributed by atoms with Crippen molar-refractivity contribution < 1.29 is 0 Å². The van der Waals surface area contributed by atoms with Gasteiger partial charge >= 0.3 is 0 Å². The van der Waals surface area contributed by atoms with Crippen molar-refractivity contribution in [2.45, 2.75) is 0 Å². The molecule has 0 saturated carbocycles. The highest BCUT2D eigenvalue weighted by molar-refractivity contribution is 7.26. The minimum atomic E-state index is 0.624. The lowest BCUT2D eigenvalue weighted by molar-refractivity contribution is 1.08. The third-order valence-electron chi connectivity index (χ3n) is 10.7. The second-order valence-electron chi connectivity index (χ2n) is 13.9. The highest BCUT2D eigenvalue weighted by Crippen LogP contribution is 2.42. The molecule has 3 aromatic heterocycles. The Labute approximate surface area is 327 Å². The number of hydrogen-bond donors (Lipinski definition) is 0. The Balaban J connectivity index is 1.17. The molecule has 3 heterocycles. The third kappa shape index (κ3) is 5.24. The van der Waals surface area contributed by atoms with Gasteiger partial charge in [-0.15, -0.1) is 11.3 Å². The number of aromatic nitrogens is 4. The van der Waals surface area contributed by atoms with Crippen LogP contribution >= 0.6 is 11.3 Å². The minimum absolute atomic E-state index is 0.624. The van der Waals surface area contributed by atoms with Crippen LogP contribution in [-0.2, 0) is 0 Å². The van der Waals surface area contributed by atoms with E-state index in [0.29, 0.717) is 17.5 Å². The SMILES string of the molecule is c1ccc(-c2ccccc2-c2nc(-c3ccccc3-c3ccccc3-n3c4ccccc4c4ccccc43)nc(-c3cccc4c3sc3ccccc34)n2)cc1. The summed E-state index contributed by atoms with van der Waals surface area (Å²) in [5.74, 6) is 1.90. The van der Waals surface area contributed by atoms with E-state index in [1.807, 2.05) is 6.07 Å². The minimum Gasteiger partial charge on any atom is -0.309 e. The third-order valence-corrected chi connectivity index (χ3v) is 11.9. The highest BCUT2D eigenvalue weighted by atomic mass is 32.1. The average molecular weight is 733 g/mol. The van der Waals surface area contributed by atoms with Crippen molar-refractivity contribution in [1.29, 1.82) is 0 Å². The molecule has 4 nitrogen and oxygen atoms in total. The predicted octanol–water partition coefficient (Wildman–Crippen LogP) is 13.7. The number of para-hydroxylation sites is 3. The van der Waals surface area contributed by atoms with Crippen molar-refractivity contribution >= 4 is 53.3 Å². The quantitative estimate of drug-likeness (QED) is 0.171. The Morgan fingerprint density at radius 3 is 1.48 bits per heavy atom. The molecule has 8 aromatic carbocycles. The maximum atomic E-state index is 5.38. The predicted molar refractivity (Wildman–Crippen MR) is 234 cm³/mol. The summed E-state index contributed by atoms with van der Waals surface area (Å²) in [6.45, 7) is 0. The van der Waals surface area contributed by atoms with Gasteiger partial charge in [0.2, 0.25) is 0 Å². The number of fused-ring (bicyclic) bond motifs is 6. The number of hydrogen-bond acceptors (Lipinski definition) is 4. The second-order valence-corrected chi connectivity index (χ2v) is 15.0. The highest BCUT2D eigenvalue weighted by Gasteiger charge is 2.22. The molecule has 0 atom stereocenters. The van der Waals surface area contributed by atoms with Crippen molar-refractivity contribution in [3.05, 3.63) is 194 Å². The first kappa shape index (κ1) is 32.2. The molecule has 0 spiro atoms. The number of rotatable bonds is 6. The molecule has 0 N–H and O–H groups in total. The van der Waals surface area contributed by atoms with Crippen LogP contribution in [0.15, 0.2) is 194 Å². The average Bonchev–Trinajstić information content (AvgIpc) is 3.83. The van der Waals surface area contributed by atoms with Gasteiger partial charge in [0.05, 0.1) is 16.7 Å². The molecular formula is C51H32N4S. The molecule has 0 radical (unpaired) electrons.